The lowest BCUT2D eigenvalue weighted by molar-refractivity contribution is -0.00279. The van der Waals surface area contributed by atoms with Gasteiger partial charge >= 0.3 is 0 Å². The summed E-state index contributed by atoms with van der Waals surface area (Å²) in [6.45, 7) is 3.93. The molecule has 0 spiro atoms. The molecule has 5 heteroatoms. The fraction of sp³-hybridized carbons (Fsp3) is 0.462. The lowest BCUT2D eigenvalue weighted by Gasteiger charge is -2.35. The number of nitrogen functional groups attached to an aromatic ring is 1. The van der Waals surface area contributed by atoms with Crippen LogP contribution in [0.1, 0.15) is 23.7 Å². The quantitative estimate of drug-likeness (QED) is 0.852. The minimum atomic E-state index is 0.0261. The van der Waals surface area contributed by atoms with E-state index >= 15 is 0 Å². The molecule has 0 saturated carbocycles. The van der Waals surface area contributed by atoms with Crippen molar-refractivity contribution in [2.75, 3.05) is 25.5 Å². The number of hydrogen-bond donors (Lipinski definition) is 1. The number of carbonyl (C=O) groups excluding carboxylic acids is 1. The molecular weight excluding hydrogens is 296 g/mol. The molecule has 0 aliphatic carbocycles. The fourth-order valence-electron chi connectivity index (χ4n) is 2.16. The minimum Gasteiger partial charge on any atom is -0.399 e. The standard InChI is InChI=1S/C13H17BrN2O2/c1-2-12-8-18-4-3-16(12)13(17)9-5-10(14)7-11(15)6-9/h5-7,12H,2-4,8,15H2,1H3. The highest BCUT2D eigenvalue weighted by Crippen LogP contribution is 2.21. The number of halogens is 1. The van der Waals surface area contributed by atoms with E-state index in [0.29, 0.717) is 31.0 Å². The topological polar surface area (TPSA) is 55.6 Å². The van der Waals surface area contributed by atoms with Gasteiger partial charge in [0.1, 0.15) is 0 Å². The van der Waals surface area contributed by atoms with Crippen molar-refractivity contribution in [3.05, 3.63) is 28.2 Å². The molecular formula is C13H17BrN2O2. The summed E-state index contributed by atoms with van der Waals surface area (Å²) in [5, 5.41) is 0. The molecule has 1 atom stereocenters. The predicted molar refractivity (Wildman–Crippen MR) is 74.5 cm³/mol. The molecule has 2 N–H and O–H groups in total. The molecule has 4 nitrogen and oxygen atoms in total. The van der Waals surface area contributed by atoms with Crippen molar-refractivity contribution in [2.24, 2.45) is 0 Å². The summed E-state index contributed by atoms with van der Waals surface area (Å²) in [5.74, 6) is 0.0261. The maximum Gasteiger partial charge on any atom is 0.254 e. The molecule has 98 valence electrons. The van der Waals surface area contributed by atoms with Crippen LogP contribution < -0.4 is 5.73 Å². The van der Waals surface area contributed by atoms with Crippen LogP contribution in [-0.2, 0) is 4.74 Å². The maximum atomic E-state index is 12.5. The van der Waals surface area contributed by atoms with Crippen molar-refractivity contribution < 1.29 is 9.53 Å². The number of nitrogens with two attached hydrogens (primary N) is 1. The number of nitrogens with zero attached hydrogens (tertiary/aromatic N) is 1. The molecule has 1 aliphatic heterocycles. The first-order valence-corrected chi connectivity index (χ1v) is 6.86. The summed E-state index contributed by atoms with van der Waals surface area (Å²) < 4.78 is 6.23. The van der Waals surface area contributed by atoms with Crippen LogP contribution in [0.5, 0.6) is 0 Å². The highest BCUT2D eigenvalue weighted by Gasteiger charge is 2.26. The van der Waals surface area contributed by atoms with E-state index in [-0.39, 0.29) is 11.9 Å². The van der Waals surface area contributed by atoms with Gasteiger partial charge in [0.2, 0.25) is 0 Å². The highest BCUT2D eigenvalue weighted by molar-refractivity contribution is 9.10. The Kier molecular flexibility index (Phi) is 4.24. The number of rotatable bonds is 2. The summed E-state index contributed by atoms with van der Waals surface area (Å²) in [6, 6.07) is 5.47. The van der Waals surface area contributed by atoms with Crippen LogP contribution in [0.4, 0.5) is 5.69 Å². The average molecular weight is 313 g/mol. The molecule has 1 amide bonds. The van der Waals surface area contributed by atoms with Crippen molar-refractivity contribution in [3.63, 3.8) is 0 Å². The first-order valence-electron chi connectivity index (χ1n) is 6.06. The van der Waals surface area contributed by atoms with Crippen molar-refractivity contribution in [3.8, 4) is 0 Å². The third-order valence-electron chi connectivity index (χ3n) is 3.13. The van der Waals surface area contributed by atoms with E-state index < -0.39 is 0 Å². The first kappa shape index (κ1) is 13.4. The molecule has 1 aromatic carbocycles. The summed E-state index contributed by atoms with van der Waals surface area (Å²) >= 11 is 3.36. The third kappa shape index (κ3) is 2.84. The Labute approximate surface area is 115 Å². The smallest absolute Gasteiger partial charge is 0.254 e. The van der Waals surface area contributed by atoms with Gasteiger partial charge in [-0.1, -0.05) is 22.9 Å². The van der Waals surface area contributed by atoms with Gasteiger partial charge in [0.15, 0.2) is 0 Å². The Bertz CT molecular complexity index is 430. The molecule has 18 heavy (non-hydrogen) atoms. The van der Waals surface area contributed by atoms with Crippen LogP contribution in [0.2, 0.25) is 0 Å². The zero-order chi connectivity index (χ0) is 13.1. The second kappa shape index (κ2) is 5.71. The van der Waals surface area contributed by atoms with Gasteiger partial charge in [-0.3, -0.25) is 4.79 Å². The second-order valence-electron chi connectivity index (χ2n) is 4.41. The van der Waals surface area contributed by atoms with Crippen molar-refractivity contribution >= 4 is 27.5 Å². The highest BCUT2D eigenvalue weighted by atomic mass is 79.9. The zero-order valence-corrected chi connectivity index (χ0v) is 11.9. The van der Waals surface area contributed by atoms with Crippen molar-refractivity contribution in [2.45, 2.75) is 19.4 Å². The van der Waals surface area contributed by atoms with E-state index in [2.05, 4.69) is 22.9 Å². The van der Waals surface area contributed by atoms with Gasteiger partial charge in [0, 0.05) is 22.3 Å². The van der Waals surface area contributed by atoms with E-state index in [4.69, 9.17) is 10.5 Å². The number of amides is 1. The maximum absolute atomic E-state index is 12.5. The monoisotopic (exact) mass is 312 g/mol. The normalized spacial score (nSPS) is 19.9. The minimum absolute atomic E-state index is 0.0261. The Hall–Kier alpha value is -1.07. The van der Waals surface area contributed by atoms with Gasteiger partial charge in [0.05, 0.1) is 19.3 Å². The van der Waals surface area contributed by atoms with Crippen LogP contribution in [0.3, 0.4) is 0 Å². The van der Waals surface area contributed by atoms with E-state index in [1.54, 1.807) is 18.2 Å². The fourth-order valence-corrected chi connectivity index (χ4v) is 2.67. The van der Waals surface area contributed by atoms with Crippen molar-refractivity contribution in [1.82, 2.24) is 4.90 Å². The lowest BCUT2D eigenvalue weighted by Crippen LogP contribution is -2.48. The number of benzene rings is 1. The van der Waals surface area contributed by atoms with Gasteiger partial charge in [0.25, 0.3) is 5.91 Å². The van der Waals surface area contributed by atoms with Gasteiger partial charge < -0.3 is 15.4 Å². The Morgan fingerprint density at radius 3 is 3.00 bits per heavy atom. The molecule has 1 aliphatic rings. The zero-order valence-electron chi connectivity index (χ0n) is 10.4. The van der Waals surface area contributed by atoms with Crippen LogP contribution in [0.25, 0.3) is 0 Å². The third-order valence-corrected chi connectivity index (χ3v) is 3.58. The first-order chi connectivity index (χ1) is 8.61. The molecule has 0 aromatic heterocycles. The van der Waals surface area contributed by atoms with Gasteiger partial charge in [-0.2, -0.15) is 0 Å². The van der Waals surface area contributed by atoms with Gasteiger partial charge in [-0.15, -0.1) is 0 Å². The summed E-state index contributed by atoms with van der Waals surface area (Å²) in [5.41, 5.74) is 6.99. The molecule has 0 bridgehead atoms. The summed E-state index contributed by atoms with van der Waals surface area (Å²) in [6.07, 6.45) is 0.898. The molecule has 1 heterocycles. The van der Waals surface area contributed by atoms with E-state index in [1.807, 2.05) is 4.90 Å². The molecule has 1 unspecified atom stereocenters. The average Bonchev–Trinajstić information content (AvgIpc) is 2.36. The van der Waals surface area contributed by atoms with Crippen LogP contribution >= 0.6 is 15.9 Å². The Morgan fingerprint density at radius 2 is 2.33 bits per heavy atom. The summed E-state index contributed by atoms with van der Waals surface area (Å²) in [7, 11) is 0. The van der Waals surface area contributed by atoms with Crippen molar-refractivity contribution in [1.29, 1.82) is 0 Å². The van der Waals surface area contributed by atoms with E-state index in [9.17, 15) is 4.79 Å². The lowest BCUT2D eigenvalue weighted by atomic mass is 10.1. The molecule has 1 aromatic rings. The van der Waals surface area contributed by atoms with Crippen LogP contribution in [-0.4, -0.2) is 36.6 Å². The van der Waals surface area contributed by atoms with Gasteiger partial charge in [-0.05, 0) is 24.6 Å². The SMILES string of the molecule is CCC1COCCN1C(=O)c1cc(N)cc(Br)c1. The predicted octanol–water partition coefficient (Wildman–Crippen LogP) is 2.28. The number of anilines is 1. The largest absolute Gasteiger partial charge is 0.399 e. The van der Waals surface area contributed by atoms with Crippen LogP contribution in [0.15, 0.2) is 22.7 Å². The molecule has 2 rings (SSSR count). The van der Waals surface area contributed by atoms with Gasteiger partial charge in [-0.25, -0.2) is 0 Å². The summed E-state index contributed by atoms with van der Waals surface area (Å²) in [4.78, 5) is 14.3. The molecule has 1 fully saturated rings. The second-order valence-corrected chi connectivity index (χ2v) is 5.32. The number of carbonyl (C=O) groups is 1. The Morgan fingerprint density at radius 1 is 1.56 bits per heavy atom. The Balaban J connectivity index is 2.23. The van der Waals surface area contributed by atoms with E-state index in [1.165, 1.54) is 0 Å². The molecule has 1 saturated heterocycles. The van der Waals surface area contributed by atoms with E-state index in [0.717, 1.165) is 10.9 Å². The number of morpholine rings is 1. The number of ether oxygens (including phenoxy) is 1. The number of hydrogen-bond acceptors (Lipinski definition) is 3. The molecule has 0 radical (unpaired) electrons. The van der Waals surface area contributed by atoms with Crippen LogP contribution in [0, 0.1) is 0 Å².